The van der Waals surface area contributed by atoms with Crippen molar-refractivity contribution in [1.82, 2.24) is 20.1 Å². The molecule has 0 radical (unpaired) electrons. The molecule has 290 valence electrons. The first-order valence-electron chi connectivity index (χ1n) is 18.2. The first-order chi connectivity index (χ1) is 27.7. The molecule has 3 N–H and O–H groups in total. The summed E-state index contributed by atoms with van der Waals surface area (Å²) in [7, 11) is 0. The predicted octanol–water partition coefficient (Wildman–Crippen LogP) is 6.29. The summed E-state index contributed by atoms with van der Waals surface area (Å²) in [5.41, 5.74) is 4.02. The maximum Gasteiger partial charge on any atom is 0.407 e. The van der Waals surface area contributed by atoms with Crippen molar-refractivity contribution in [3.8, 4) is 0 Å². The number of anilines is 1. The second kappa shape index (κ2) is 16.3. The highest BCUT2D eigenvalue weighted by Crippen LogP contribution is 2.42. The number of halogens is 2. The first kappa shape index (κ1) is 38.0. The Labute approximate surface area is 335 Å². The van der Waals surface area contributed by atoms with Crippen molar-refractivity contribution in [2.75, 3.05) is 24.2 Å². The lowest BCUT2D eigenvalue weighted by Crippen LogP contribution is -2.71. The Morgan fingerprint density at radius 1 is 0.912 bits per heavy atom. The summed E-state index contributed by atoms with van der Waals surface area (Å²) < 4.78 is 26.7. The molecule has 2 amide bonds. The van der Waals surface area contributed by atoms with Gasteiger partial charge in [0.25, 0.3) is 11.8 Å². The number of carboxylic acid groups (broad SMARTS) is 1. The number of alkyl halides is 2. The number of hydrogen-bond acceptors (Lipinski definition) is 10. The molecule has 1 saturated heterocycles. The molecule has 0 saturated carbocycles. The van der Waals surface area contributed by atoms with Crippen LogP contribution in [0.3, 0.4) is 0 Å². The van der Waals surface area contributed by atoms with Crippen LogP contribution in [0.4, 0.5) is 13.9 Å². The molecular formula is C42H36F2N6O5S2. The summed E-state index contributed by atoms with van der Waals surface area (Å²) in [6.45, 7) is -1.55. The molecule has 57 heavy (non-hydrogen) atoms. The molecule has 1 aromatic heterocycles. The van der Waals surface area contributed by atoms with Crippen LogP contribution >= 0.6 is 23.1 Å². The minimum Gasteiger partial charge on any atom is -0.477 e. The zero-order valence-corrected chi connectivity index (χ0v) is 31.9. The van der Waals surface area contributed by atoms with Gasteiger partial charge in [-0.05, 0) is 39.8 Å². The van der Waals surface area contributed by atoms with Crippen LogP contribution in [0.2, 0.25) is 0 Å². The molecule has 11 nitrogen and oxygen atoms in total. The Hall–Kier alpha value is -5.90. The van der Waals surface area contributed by atoms with E-state index in [4.69, 9.17) is 0 Å². The molecule has 8 rings (SSSR count). The molecule has 0 aliphatic carbocycles. The van der Waals surface area contributed by atoms with Gasteiger partial charge in [-0.15, -0.1) is 23.1 Å². The van der Waals surface area contributed by atoms with Crippen molar-refractivity contribution in [3.05, 3.63) is 165 Å². The summed E-state index contributed by atoms with van der Waals surface area (Å²) >= 11 is 2.46. The summed E-state index contributed by atoms with van der Waals surface area (Å²) in [6, 6.07) is 36.2. The fourth-order valence-corrected chi connectivity index (χ4v) is 9.74. The Bertz CT molecular complexity index is 2250. The van der Waals surface area contributed by atoms with Crippen molar-refractivity contribution in [3.63, 3.8) is 0 Å². The van der Waals surface area contributed by atoms with Crippen LogP contribution in [-0.2, 0) is 37.7 Å². The van der Waals surface area contributed by atoms with Crippen molar-refractivity contribution in [2.45, 2.75) is 36.5 Å². The molecule has 4 aromatic carbocycles. The van der Waals surface area contributed by atoms with E-state index in [1.54, 1.807) is 0 Å². The number of hydrogen-bond donors (Lipinski definition) is 3. The quantitative estimate of drug-likeness (QED) is 0.0543. The maximum absolute atomic E-state index is 13.8. The zero-order chi connectivity index (χ0) is 39.5. The van der Waals surface area contributed by atoms with Gasteiger partial charge in [0.1, 0.15) is 28.3 Å². The third-order valence-electron chi connectivity index (χ3n) is 10.3. The van der Waals surface area contributed by atoms with E-state index in [0.29, 0.717) is 29.5 Å². The van der Waals surface area contributed by atoms with Crippen molar-refractivity contribution >= 4 is 51.7 Å². The lowest BCUT2D eigenvalue weighted by Gasteiger charge is -2.49. The standard InChI is InChI=1S/C42H36F2N6O5S2/c43-40(44)55-48-33(32-25-57-41(45-32)47-42(29-14-4-1-5-15-29,30-16-6-2-7-17-30)31-18-8-3-9-19-31)36(51)46-34-37(52)50-35(39(53)54)28(24-56-38(34)50)23-49-21-20-26-12-10-11-13-27(26)22-49/h1-19,25,34,38,40H,20-24H2,(H,45,47)(H,46,51)(H,53,54)/b48-33+/t34?,38-/m1/s1. The number of oxime groups is 1. The van der Waals surface area contributed by atoms with Gasteiger partial charge in [-0.1, -0.05) is 120 Å². The summed E-state index contributed by atoms with van der Waals surface area (Å²) in [4.78, 5) is 52.3. The highest BCUT2D eigenvalue weighted by Gasteiger charge is 2.54. The lowest BCUT2D eigenvalue weighted by molar-refractivity contribution is -0.150. The number of carbonyl (C=O) groups is 3. The van der Waals surface area contributed by atoms with E-state index < -0.39 is 47.1 Å². The van der Waals surface area contributed by atoms with Gasteiger partial charge in [0.2, 0.25) is 0 Å². The second-order valence-corrected chi connectivity index (χ2v) is 15.6. The molecular weight excluding hydrogens is 771 g/mol. The van der Waals surface area contributed by atoms with Gasteiger partial charge >= 0.3 is 12.6 Å². The number of β-lactam (4-membered cyclic amide) rings is 1. The summed E-state index contributed by atoms with van der Waals surface area (Å²) in [6.07, 6.45) is 0.835. The number of carbonyl (C=O) groups excluding carboxylic acids is 2. The number of rotatable bonds is 13. The normalized spacial score (nSPS) is 18.4. The van der Waals surface area contributed by atoms with Crippen LogP contribution in [0.1, 0.15) is 33.5 Å². The topological polar surface area (TPSA) is 136 Å². The predicted molar refractivity (Wildman–Crippen MR) is 214 cm³/mol. The van der Waals surface area contributed by atoms with E-state index in [1.807, 2.05) is 103 Å². The SMILES string of the molecule is O=C(O)C1=C(CN2CCc3ccccc3C2)CS[C@@H]2C(NC(=O)/C(=N/OC(F)F)c3csc(NC(c4ccccc4)(c4ccccc4)c4ccccc4)n3)C(=O)N12. The van der Waals surface area contributed by atoms with E-state index >= 15 is 0 Å². The van der Waals surface area contributed by atoms with Gasteiger partial charge < -0.3 is 20.6 Å². The number of fused-ring (bicyclic) bond motifs is 2. The van der Waals surface area contributed by atoms with Gasteiger partial charge in [0.05, 0.1) is 0 Å². The average molecular weight is 807 g/mol. The minimum atomic E-state index is -3.34. The van der Waals surface area contributed by atoms with Crippen LogP contribution in [0.25, 0.3) is 0 Å². The Balaban J connectivity index is 1.04. The maximum atomic E-state index is 13.8. The average Bonchev–Trinajstić information content (AvgIpc) is 3.70. The van der Waals surface area contributed by atoms with E-state index in [-0.39, 0.29) is 11.4 Å². The third-order valence-corrected chi connectivity index (χ3v) is 12.4. The number of amides is 2. The highest BCUT2D eigenvalue weighted by molar-refractivity contribution is 8.00. The molecule has 0 bridgehead atoms. The third kappa shape index (κ3) is 7.53. The number of aromatic nitrogens is 1. The van der Waals surface area contributed by atoms with Crippen LogP contribution in [0.15, 0.2) is 137 Å². The van der Waals surface area contributed by atoms with E-state index in [0.717, 1.165) is 41.0 Å². The number of thiazole rings is 1. The number of carboxylic acids is 1. The van der Waals surface area contributed by atoms with Crippen LogP contribution < -0.4 is 10.6 Å². The highest BCUT2D eigenvalue weighted by atomic mass is 32.2. The van der Waals surface area contributed by atoms with E-state index in [2.05, 4.69) is 42.6 Å². The van der Waals surface area contributed by atoms with Crippen molar-refractivity contribution in [2.24, 2.45) is 5.16 Å². The number of nitrogens with one attached hydrogen (secondary N) is 2. The van der Waals surface area contributed by atoms with Crippen molar-refractivity contribution in [1.29, 1.82) is 0 Å². The molecule has 5 aromatic rings. The van der Waals surface area contributed by atoms with Crippen LogP contribution in [-0.4, -0.2) is 80.3 Å². The smallest absolute Gasteiger partial charge is 0.407 e. The molecule has 2 atom stereocenters. The summed E-state index contributed by atoms with van der Waals surface area (Å²) in [5, 5.41) is 21.0. The van der Waals surface area contributed by atoms with Crippen LogP contribution in [0, 0.1) is 0 Å². The Kier molecular flexibility index (Phi) is 10.9. The second-order valence-electron chi connectivity index (χ2n) is 13.7. The molecule has 1 unspecified atom stereocenters. The van der Waals surface area contributed by atoms with Gasteiger partial charge in [-0.2, -0.15) is 8.78 Å². The largest absolute Gasteiger partial charge is 0.477 e. The van der Waals surface area contributed by atoms with Crippen molar-refractivity contribution < 1.29 is 33.1 Å². The minimum absolute atomic E-state index is 0.0693. The van der Waals surface area contributed by atoms with E-state index in [1.165, 1.54) is 33.2 Å². The van der Waals surface area contributed by atoms with E-state index in [9.17, 15) is 28.3 Å². The molecule has 3 aliphatic heterocycles. The molecule has 1 fully saturated rings. The fourth-order valence-electron chi connectivity index (χ4n) is 7.65. The first-order valence-corrected chi connectivity index (χ1v) is 20.1. The van der Waals surface area contributed by atoms with Gasteiger partial charge in [-0.25, -0.2) is 9.78 Å². The van der Waals surface area contributed by atoms with Gasteiger partial charge in [0.15, 0.2) is 10.8 Å². The fraction of sp³-hybridized carbons (Fsp3) is 0.214. The number of thioether (sulfide) groups is 1. The lowest BCUT2D eigenvalue weighted by atomic mass is 9.77. The Morgan fingerprint density at radius 2 is 1.51 bits per heavy atom. The molecule has 3 aliphatic rings. The number of nitrogens with zero attached hydrogens (tertiary/aromatic N) is 4. The Morgan fingerprint density at radius 3 is 2.11 bits per heavy atom. The van der Waals surface area contributed by atoms with Gasteiger partial charge in [0, 0.05) is 30.8 Å². The molecule has 4 heterocycles. The molecule has 15 heteroatoms. The summed E-state index contributed by atoms with van der Waals surface area (Å²) in [5.74, 6) is -2.53. The number of benzene rings is 4. The number of aliphatic carboxylic acids is 1. The van der Waals surface area contributed by atoms with Gasteiger partial charge in [-0.3, -0.25) is 19.4 Å². The molecule has 0 spiro atoms. The zero-order valence-electron chi connectivity index (χ0n) is 30.3. The monoisotopic (exact) mass is 806 g/mol. The van der Waals surface area contributed by atoms with Crippen LogP contribution in [0.5, 0.6) is 0 Å².